The van der Waals surface area contributed by atoms with Crippen molar-refractivity contribution in [3.8, 4) is 0 Å². The topological polar surface area (TPSA) is 78.5 Å². The van der Waals surface area contributed by atoms with E-state index in [-0.39, 0.29) is 29.8 Å². The maximum Gasteiger partial charge on any atom is 0.250 e. The Morgan fingerprint density at radius 3 is 2.53 bits per heavy atom. The lowest BCUT2D eigenvalue weighted by molar-refractivity contribution is -0.145. The number of hydrogen-bond donors (Lipinski definition) is 2. The third-order valence-corrected chi connectivity index (χ3v) is 8.12. The molecular weight excluding hydrogens is 398 g/mol. The molecule has 2 N–H and O–H groups in total. The van der Waals surface area contributed by atoms with Gasteiger partial charge in [0.15, 0.2) is 0 Å². The summed E-state index contributed by atoms with van der Waals surface area (Å²) in [6.45, 7) is 0. The summed E-state index contributed by atoms with van der Waals surface area (Å²) in [6, 6.07) is 7.38. The molecule has 4 aliphatic rings. The molecule has 3 aliphatic heterocycles. The fourth-order valence-corrected chi connectivity index (χ4v) is 6.64. The highest BCUT2D eigenvalue weighted by molar-refractivity contribution is 7.98. The molecule has 1 saturated carbocycles. The third kappa shape index (κ3) is 2.78. The first-order chi connectivity index (χ1) is 14.6. The number of amides is 3. The Labute approximate surface area is 181 Å². The van der Waals surface area contributed by atoms with E-state index in [4.69, 9.17) is 0 Å². The van der Waals surface area contributed by atoms with Crippen LogP contribution < -0.4 is 10.6 Å². The Balaban J connectivity index is 1.58. The van der Waals surface area contributed by atoms with Crippen LogP contribution in [0.25, 0.3) is 0 Å². The molecule has 6 nitrogen and oxygen atoms in total. The molecule has 1 spiro atoms. The average Bonchev–Trinajstić information content (AvgIpc) is 3.21. The van der Waals surface area contributed by atoms with Gasteiger partial charge in [-0.1, -0.05) is 43.9 Å². The van der Waals surface area contributed by atoms with E-state index < -0.39 is 17.4 Å². The summed E-state index contributed by atoms with van der Waals surface area (Å²) in [5, 5.41) is 6.48. The van der Waals surface area contributed by atoms with Crippen molar-refractivity contribution in [1.82, 2.24) is 10.2 Å². The summed E-state index contributed by atoms with van der Waals surface area (Å²) in [6.07, 6.45) is 9.01. The summed E-state index contributed by atoms with van der Waals surface area (Å²) in [4.78, 5) is 42.4. The second kappa shape index (κ2) is 7.68. The van der Waals surface area contributed by atoms with Crippen LogP contribution in [0.5, 0.6) is 0 Å². The smallest absolute Gasteiger partial charge is 0.250 e. The molecule has 1 aromatic rings. The van der Waals surface area contributed by atoms with E-state index in [1.54, 1.807) is 16.7 Å². The summed E-state index contributed by atoms with van der Waals surface area (Å²) in [7, 11) is 0. The molecule has 3 fully saturated rings. The molecule has 3 heterocycles. The van der Waals surface area contributed by atoms with Gasteiger partial charge in [-0.25, -0.2) is 0 Å². The standard InChI is InChI=1S/C23H29N3O3S/c1-30-13-12-17-18-19(21(28)26(20(18)27)14-8-4-2-3-5-9-14)23(25-17)15-10-6-7-11-16(15)24-22(23)29/h6-7,10-11,14,17-19,25H,2-5,8-9,12-13H2,1H3,(H,24,29)/t17-,18+,19+,23-/m1/s1. The van der Waals surface area contributed by atoms with Crippen LogP contribution in [0.4, 0.5) is 5.69 Å². The highest BCUT2D eigenvalue weighted by atomic mass is 32.2. The first-order valence-corrected chi connectivity index (χ1v) is 12.5. The number of likely N-dealkylation sites (tertiary alicyclic amines) is 1. The molecule has 0 aromatic heterocycles. The highest BCUT2D eigenvalue weighted by Crippen LogP contribution is 2.54. The first-order valence-electron chi connectivity index (χ1n) is 11.1. The van der Waals surface area contributed by atoms with Gasteiger partial charge in [-0.3, -0.25) is 24.6 Å². The zero-order valence-electron chi connectivity index (χ0n) is 17.4. The summed E-state index contributed by atoms with van der Waals surface area (Å²) in [5.74, 6) is -0.666. The van der Waals surface area contributed by atoms with Gasteiger partial charge in [-0.15, -0.1) is 0 Å². The van der Waals surface area contributed by atoms with Crippen LogP contribution in [0.2, 0.25) is 0 Å². The fraction of sp³-hybridized carbons (Fsp3) is 0.609. The number of anilines is 1. The van der Waals surface area contributed by atoms with Crippen molar-refractivity contribution >= 4 is 35.2 Å². The van der Waals surface area contributed by atoms with Gasteiger partial charge >= 0.3 is 0 Å². The van der Waals surface area contributed by atoms with Crippen LogP contribution in [0, 0.1) is 11.8 Å². The Morgan fingerprint density at radius 1 is 1.07 bits per heavy atom. The summed E-state index contributed by atoms with van der Waals surface area (Å²) in [5.41, 5.74) is 0.407. The second-order valence-electron chi connectivity index (χ2n) is 9.04. The van der Waals surface area contributed by atoms with Crippen molar-refractivity contribution in [2.75, 3.05) is 17.3 Å². The predicted octanol–water partition coefficient (Wildman–Crippen LogP) is 2.88. The molecule has 0 unspecified atom stereocenters. The van der Waals surface area contributed by atoms with E-state index in [1.807, 2.05) is 30.5 Å². The average molecular weight is 428 g/mol. The lowest BCUT2D eigenvalue weighted by Gasteiger charge is -2.32. The lowest BCUT2D eigenvalue weighted by Crippen LogP contribution is -2.54. The van der Waals surface area contributed by atoms with Crippen molar-refractivity contribution in [2.24, 2.45) is 11.8 Å². The van der Waals surface area contributed by atoms with E-state index in [0.717, 1.165) is 61.9 Å². The zero-order valence-corrected chi connectivity index (χ0v) is 18.2. The van der Waals surface area contributed by atoms with Gasteiger partial charge in [0, 0.05) is 23.3 Å². The lowest BCUT2D eigenvalue weighted by atomic mass is 9.76. The number of thioether (sulfide) groups is 1. The van der Waals surface area contributed by atoms with Gasteiger partial charge in [0.2, 0.25) is 17.7 Å². The molecule has 0 bridgehead atoms. The number of para-hydroxylation sites is 1. The maximum atomic E-state index is 13.8. The van der Waals surface area contributed by atoms with Crippen LogP contribution in [0.1, 0.15) is 50.5 Å². The number of nitrogens with zero attached hydrogens (tertiary/aromatic N) is 1. The van der Waals surface area contributed by atoms with Crippen LogP contribution in [0.15, 0.2) is 24.3 Å². The molecule has 7 heteroatoms. The number of hydrogen-bond acceptors (Lipinski definition) is 5. The number of fused-ring (bicyclic) bond motifs is 4. The van der Waals surface area contributed by atoms with Gasteiger partial charge in [0.05, 0.1) is 11.8 Å². The molecule has 5 rings (SSSR count). The normalized spacial score (nSPS) is 33.7. The van der Waals surface area contributed by atoms with E-state index in [0.29, 0.717) is 0 Å². The maximum absolute atomic E-state index is 13.8. The Hall–Kier alpha value is -1.86. The zero-order chi connectivity index (χ0) is 20.9. The number of rotatable bonds is 4. The van der Waals surface area contributed by atoms with E-state index >= 15 is 0 Å². The minimum atomic E-state index is -1.14. The van der Waals surface area contributed by atoms with Gasteiger partial charge in [-0.2, -0.15) is 11.8 Å². The monoisotopic (exact) mass is 427 g/mol. The third-order valence-electron chi connectivity index (χ3n) is 7.48. The van der Waals surface area contributed by atoms with Crippen LogP contribution in [-0.2, 0) is 19.9 Å². The molecule has 4 atom stereocenters. The molecule has 160 valence electrons. The molecule has 1 aliphatic carbocycles. The molecule has 2 saturated heterocycles. The van der Waals surface area contributed by atoms with Crippen molar-refractivity contribution in [3.05, 3.63) is 29.8 Å². The molecule has 1 aromatic carbocycles. The summed E-state index contributed by atoms with van der Waals surface area (Å²) < 4.78 is 0. The number of nitrogens with one attached hydrogen (secondary N) is 2. The molecule has 0 radical (unpaired) electrons. The minimum Gasteiger partial charge on any atom is -0.324 e. The van der Waals surface area contributed by atoms with E-state index in [9.17, 15) is 14.4 Å². The van der Waals surface area contributed by atoms with Crippen LogP contribution >= 0.6 is 11.8 Å². The molecular formula is C23H29N3O3S. The summed E-state index contributed by atoms with van der Waals surface area (Å²) >= 11 is 1.72. The number of imide groups is 1. The predicted molar refractivity (Wildman–Crippen MR) is 117 cm³/mol. The van der Waals surface area contributed by atoms with Gasteiger partial charge in [-0.05, 0) is 37.3 Å². The molecule has 3 amide bonds. The number of carbonyl (C=O) groups excluding carboxylic acids is 3. The van der Waals surface area contributed by atoms with E-state index in [1.165, 1.54) is 0 Å². The van der Waals surface area contributed by atoms with Gasteiger partial charge < -0.3 is 5.32 Å². The molecule has 30 heavy (non-hydrogen) atoms. The Morgan fingerprint density at radius 2 is 1.80 bits per heavy atom. The van der Waals surface area contributed by atoms with Crippen molar-refractivity contribution in [1.29, 1.82) is 0 Å². The Bertz CT molecular complexity index is 882. The van der Waals surface area contributed by atoms with Gasteiger partial charge in [0.1, 0.15) is 5.54 Å². The highest BCUT2D eigenvalue weighted by Gasteiger charge is 2.70. The number of carbonyl (C=O) groups is 3. The number of benzene rings is 1. The van der Waals surface area contributed by atoms with Crippen molar-refractivity contribution < 1.29 is 14.4 Å². The van der Waals surface area contributed by atoms with Crippen molar-refractivity contribution in [2.45, 2.75) is 62.6 Å². The largest absolute Gasteiger partial charge is 0.324 e. The van der Waals surface area contributed by atoms with Crippen LogP contribution in [0.3, 0.4) is 0 Å². The van der Waals surface area contributed by atoms with Crippen molar-refractivity contribution in [3.63, 3.8) is 0 Å². The second-order valence-corrected chi connectivity index (χ2v) is 10.0. The quantitative estimate of drug-likeness (QED) is 0.571. The van der Waals surface area contributed by atoms with Crippen LogP contribution in [-0.4, -0.2) is 46.7 Å². The first kappa shape index (κ1) is 20.1. The van der Waals surface area contributed by atoms with E-state index in [2.05, 4.69) is 10.6 Å². The fourth-order valence-electron chi connectivity index (χ4n) is 6.15. The minimum absolute atomic E-state index is 0.0175. The Kier molecular flexibility index (Phi) is 5.14. The van der Waals surface area contributed by atoms with Gasteiger partial charge in [0.25, 0.3) is 0 Å². The SMILES string of the molecule is CSCC[C@H]1N[C@@]2(C(=O)Nc3ccccc32)[C@@H]2C(=O)N(C3CCCCCC3)C(=O)[C@H]21.